The molecule has 6 rings (SSSR count). The molecule has 0 aromatic carbocycles. The highest BCUT2D eigenvalue weighted by molar-refractivity contribution is 7.71. The lowest BCUT2D eigenvalue weighted by Crippen LogP contribution is -2.37. The Bertz CT molecular complexity index is 1110. The van der Waals surface area contributed by atoms with E-state index >= 15 is 0 Å². The number of carbonyl (C=O) groups excluding carboxylic acids is 2. The van der Waals surface area contributed by atoms with Gasteiger partial charge in [-0.05, 0) is 51.7 Å². The summed E-state index contributed by atoms with van der Waals surface area (Å²) < 4.78 is 23.7. The van der Waals surface area contributed by atoms with Crippen LogP contribution < -0.4 is 0 Å². The molecule has 6 atom stereocenters. The molecule has 3 aliphatic heterocycles. The monoisotopic (exact) mass is 480 g/mol. The summed E-state index contributed by atoms with van der Waals surface area (Å²) in [6.07, 6.45) is -0.0252. The van der Waals surface area contributed by atoms with E-state index in [2.05, 4.69) is 20.9 Å². The average molecular weight is 481 g/mol. The van der Waals surface area contributed by atoms with E-state index in [4.69, 9.17) is 38.6 Å². The smallest absolute Gasteiger partial charge is 0.218 e. The molecule has 2 aromatic heterocycles. The average Bonchev–Trinajstić information content (AvgIpc) is 3.55. The summed E-state index contributed by atoms with van der Waals surface area (Å²) in [6.45, 7) is 1.61. The van der Waals surface area contributed by atoms with E-state index in [1.165, 1.54) is 0 Å². The van der Waals surface area contributed by atoms with Crippen LogP contribution in [0.5, 0.6) is 0 Å². The summed E-state index contributed by atoms with van der Waals surface area (Å²) in [4.78, 5) is 24.3. The van der Waals surface area contributed by atoms with Crippen LogP contribution in [0, 0.1) is 15.5 Å². The number of tetrazole rings is 2. The number of aromatic nitrogens is 8. The van der Waals surface area contributed by atoms with Gasteiger partial charge in [0.1, 0.15) is 12.2 Å². The van der Waals surface area contributed by atoms with Crippen LogP contribution in [-0.2, 0) is 36.9 Å². The summed E-state index contributed by atoms with van der Waals surface area (Å²) in [5, 5.41) is 16.7. The van der Waals surface area contributed by atoms with E-state index in [1.54, 1.807) is 18.7 Å². The van der Waals surface area contributed by atoms with Gasteiger partial charge in [-0.3, -0.25) is 9.59 Å². The standard InChI is InChI=1S/C17H20N8O5S2/c26-11-4-9(8-3-13(11)28-6-8)24-16(31)22(18-20-24)1-2-23-17(32)25(21-19-23)10-5-12(27)15-29-7-14(10)30-15/h8-10,13-15H,1-7H2. The molecule has 4 aliphatic rings. The van der Waals surface area contributed by atoms with Crippen molar-refractivity contribution in [2.24, 2.45) is 5.92 Å². The molecule has 4 bridgehead atoms. The summed E-state index contributed by atoms with van der Waals surface area (Å²) in [5.74, 6) is 0.179. The number of ketones is 2. The lowest BCUT2D eigenvalue weighted by atomic mass is 9.85. The zero-order chi connectivity index (χ0) is 22.0. The maximum atomic E-state index is 12.2. The molecule has 170 valence electrons. The number of ether oxygens (including phenoxy) is 3. The van der Waals surface area contributed by atoms with Crippen LogP contribution in [0.3, 0.4) is 0 Å². The third-order valence-electron chi connectivity index (χ3n) is 6.63. The summed E-state index contributed by atoms with van der Waals surface area (Å²) in [7, 11) is 0. The predicted octanol–water partition coefficient (Wildman–Crippen LogP) is -0.194. The van der Waals surface area contributed by atoms with Crippen molar-refractivity contribution in [2.75, 3.05) is 13.2 Å². The van der Waals surface area contributed by atoms with Crippen molar-refractivity contribution in [1.29, 1.82) is 0 Å². The quantitative estimate of drug-likeness (QED) is 0.527. The second-order valence-electron chi connectivity index (χ2n) is 8.49. The van der Waals surface area contributed by atoms with Crippen LogP contribution in [0.2, 0.25) is 0 Å². The molecule has 32 heavy (non-hydrogen) atoms. The van der Waals surface area contributed by atoms with Gasteiger partial charge in [0, 0.05) is 18.8 Å². The first kappa shape index (κ1) is 20.4. The molecule has 0 N–H and O–H groups in total. The number of hydrogen-bond donors (Lipinski definition) is 0. The molecule has 0 spiro atoms. The van der Waals surface area contributed by atoms with Crippen LogP contribution in [0.4, 0.5) is 0 Å². The second kappa shape index (κ2) is 7.69. The van der Waals surface area contributed by atoms with Crippen LogP contribution in [-0.4, -0.2) is 82.9 Å². The molecule has 13 nitrogen and oxygen atoms in total. The molecular weight excluding hydrogens is 460 g/mol. The fourth-order valence-corrected chi connectivity index (χ4v) is 5.46. The predicted molar refractivity (Wildman–Crippen MR) is 107 cm³/mol. The van der Waals surface area contributed by atoms with E-state index in [-0.39, 0.29) is 48.2 Å². The molecule has 1 saturated carbocycles. The van der Waals surface area contributed by atoms with Crippen LogP contribution in [0.15, 0.2) is 0 Å². The van der Waals surface area contributed by atoms with Crippen molar-refractivity contribution >= 4 is 36.0 Å². The maximum Gasteiger partial charge on any atom is 0.218 e. The minimum atomic E-state index is -0.772. The minimum Gasteiger partial charge on any atom is -0.370 e. The zero-order valence-corrected chi connectivity index (χ0v) is 18.5. The summed E-state index contributed by atoms with van der Waals surface area (Å²) in [6, 6.07) is -0.473. The number of hydrogen-bond acceptors (Lipinski definition) is 11. The number of nitrogens with zero attached hydrogens (tertiary/aromatic N) is 8. The van der Waals surface area contributed by atoms with E-state index in [1.807, 2.05) is 0 Å². The lowest BCUT2D eigenvalue weighted by molar-refractivity contribution is -0.156. The zero-order valence-electron chi connectivity index (χ0n) is 16.8. The highest BCUT2D eigenvalue weighted by atomic mass is 32.1. The van der Waals surface area contributed by atoms with Gasteiger partial charge in [-0.2, -0.15) is 0 Å². The molecule has 0 amide bonds. The molecule has 4 fully saturated rings. The number of carbonyl (C=O) groups is 2. The van der Waals surface area contributed by atoms with Gasteiger partial charge in [-0.1, -0.05) is 0 Å². The first-order chi connectivity index (χ1) is 15.5. The van der Waals surface area contributed by atoms with Crippen LogP contribution >= 0.6 is 24.4 Å². The second-order valence-corrected chi connectivity index (χ2v) is 9.22. The Morgan fingerprint density at radius 2 is 1.50 bits per heavy atom. The molecular formula is C17H20N8O5S2. The van der Waals surface area contributed by atoms with Gasteiger partial charge in [-0.25, -0.2) is 18.7 Å². The van der Waals surface area contributed by atoms with Gasteiger partial charge in [0.2, 0.25) is 15.8 Å². The molecule has 0 radical (unpaired) electrons. The first-order valence-corrected chi connectivity index (χ1v) is 11.3. The third kappa shape index (κ3) is 3.22. The van der Waals surface area contributed by atoms with Crippen molar-refractivity contribution in [3.8, 4) is 0 Å². The number of aryl methyl sites for hydroxylation is 2. The Morgan fingerprint density at radius 1 is 0.844 bits per heavy atom. The van der Waals surface area contributed by atoms with Gasteiger partial charge in [-0.15, -0.1) is 0 Å². The number of rotatable bonds is 5. The van der Waals surface area contributed by atoms with Crippen LogP contribution in [0.1, 0.15) is 31.3 Å². The normalized spacial score (nSPS) is 33.9. The number of Topliss-reactive ketones (excluding diaryl/α,β-unsaturated/α-hetero) is 2. The fourth-order valence-electron chi connectivity index (χ4n) is 4.86. The molecule has 1 aliphatic carbocycles. The van der Waals surface area contributed by atoms with E-state index < -0.39 is 6.29 Å². The van der Waals surface area contributed by atoms with Crippen molar-refractivity contribution in [3.63, 3.8) is 0 Å². The van der Waals surface area contributed by atoms with Gasteiger partial charge < -0.3 is 14.2 Å². The topological polar surface area (TPSA) is 133 Å². The highest BCUT2D eigenvalue weighted by Gasteiger charge is 2.45. The Kier molecular flexibility index (Phi) is 4.90. The van der Waals surface area contributed by atoms with Crippen molar-refractivity contribution in [3.05, 3.63) is 9.54 Å². The summed E-state index contributed by atoms with van der Waals surface area (Å²) in [5.41, 5.74) is 0. The molecule has 2 aromatic rings. The molecule has 5 heterocycles. The van der Waals surface area contributed by atoms with Gasteiger partial charge >= 0.3 is 0 Å². The fraction of sp³-hybridized carbons (Fsp3) is 0.765. The lowest BCUT2D eigenvalue weighted by Gasteiger charge is -2.25. The van der Waals surface area contributed by atoms with E-state index in [0.29, 0.717) is 48.7 Å². The summed E-state index contributed by atoms with van der Waals surface area (Å²) >= 11 is 11.1. The SMILES string of the molecule is O=C1CC(n2nnn(CCn3nnn(C4CC(=O)C5OCC4O5)c3=S)c2=S)C2COC1C2. The Labute approximate surface area is 191 Å². The van der Waals surface area contributed by atoms with E-state index in [0.717, 1.165) is 0 Å². The molecule has 15 heteroatoms. The Morgan fingerprint density at radius 3 is 2.22 bits per heavy atom. The van der Waals surface area contributed by atoms with Crippen molar-refractivity contribution < 1.29 is 23.8 Å². The Hall–Kier alpha value is -2.20. The maximum absolute atomic E-state index is 12.2. The third-order valence-corrected chi connectivity index (χ3v) is 7.42. The first-order valence-electron chi connectivity index (χ1n) is 10.5. The van der Waals surface area contributed by atoms with Gasteiger partial charge in [0.15, 0.2) is 11.6 Å². The van der Waals surface area contributed by atoms with Crippen LogP contribution in [0.25, 0.3) is 0 Å². The van der Waals surface area contributed by atoms with Gasteiger partial charge in [0.05, 0.1) is 38.4 Å². The Balaban J connectivity index is 1.17. The van der Waals surface area contributed by atoms with Crippen molar-refractivity contribution in [1.82, 2.24) is 39.6 Å². The minimum absolute atomic E-state index is 0.0901. The molecule has 6 unspecified atom stereocenters. The van der Waals surface area contributed by atoms with E-state index in [9.17, 15) is 9.59 Å². The molecule has 3 saturated heterocycles. The highest BCUT2D eigenvalue weighted by Crippen LogP contribution is 2.38. The van der Waals surface area contributed by atoms with Crippen molar-refractivity contribution in [2.45, 2.75) is 62.9 Å². The largest absolute Gasteiger partial charge is 0.370 e. The van der Waals surface area contributed by atoms with Gasteiger partial charge in [0.25, 0.3) is 0 Å². The number of fused-ring (bicyclic) bond motifs is 4.